The van der Waals surface area contributed by atoms with Crippen LogP contribution in [0.1, 0.15) is 0 Å². The molecule has 6 heteroatoms. The van der Waals surface area contributed by atoms with Gasteiger partial charge in [0.25, 0.3) is 0 Å². The van der Waals surface area contributed by atoms with Crippen molar-refractivity contribution in [3.8, 4) is 39.9 Å². The van der Waals surface area contributed by atoms with E-state index in [0.29, 0.717) is 17.5 Å². The minimum absolute atomic E-state index is 0.605. The fourth-order valence-electron chi connectivity index (χ4n) is 7.57. The quantitative estimate of drug-likeness (QED) is 0.187. The van der Waals surface area contributed by atoms with Crippen LogP contribution in [-0.2, 0) is 0 Å². The molecule has 11 aromatic rings. The Morgan fingerprint density at radius 3 is 1.69 bits per heavy atom. The van der Waals surface area contributed by atoms with Gasteiger partial charge in [0.05, 0.1) is 16.7 Å². The van der Waals surface area contributed by atoms with Crippen molar-refractivity contribution in [3.05, 3.63) is 158 Å². The average molecular weight is 671 g/mol. The predicted octanol–water partition coefficient (Wildman–Crippen LogP) is 12.2. The molecule has 11 rings (SSSR count). The van der Waals surface area contributed by atoms with Crippen LogP contribution >= 0.6 is 11.3 Å². The summed E-state index contributed by atoms with van der Waals surface area (Å²) >= 11 is 1.83. The van der Waals surface area contributed by atoms with E-state index in [4.69, 9.17) is 19.4 Å². The number of fused-ring (bicyclic) bond motifs is 10. The lowest BCUT2D eigenvalue weighted by Gasteiger charge is -2.10. The molecule has 51 heavy (non-hydrogen) atoms. The lowest BCUT2D eigenvalue weighted by Crippen LogP contribution is -2.00. The molecule has 4 aromatic heterocycles. The molecule has 0 N–H and O–H groups in total. The first kappa shape index (κ1) is 28.2. The summed E-state index contributed by atoms with van der Waals surface area (Å²) in [6.07, 6.45) is 0. The van der Waals surface area contributed by atoms with Gasteiger partial charge in [-0.2, -0.15) is 0 Å². The topological polar surface area (TPSA) is 56.7 Å². The van der Waals surface area contributed by atoms with Crippen LogP contribution in [-0.4, -0.2) is 19.5 Å². The number of para-hydroxylation sites is 2. The van der Waals surface area contributed by atoms with Crippen molar-refractivity contribution in [2.75, 3.05) is 0 Å². The number of nitrogens with zero attached hydrogens (tertiary/aromatic N) is 4. The van der Waals surface area contributed by atoms with Crippen LogP contribution in [0.25, 0.3) is 104 Å². The number of hydrogen-bond donors (Lipinski definition) is 0. The first-order valence-electron chi connectivity index (χ1n) is 16.9. The Kier molecular flexibility index (Phi) is 6.05. The second kappa shape index (κ2) is 10.9. The Hall–Kier alpha value is -6.63. The third kappa shape index (κ3) is 4.30. The van der Waals surface area contributed by atoms with Gasteiger partial charge < -0.3 is 8.98 Å². The molecule has 0 radical (unpaired) electrons. The Morgan fingerprint density at radius 2 is 1.02 bits per heavy atom. The average Bonchev–Trinajstić information content (AvgIpc) is 3.87. The highest BCUT2D eigenvalue weighted by atomic mass is 32.1. The monoisotopic (exact) mass is 670 g/mol. The smallest absolute Gasteiger partial charge is 0.164 e. The van der Waals surface area contributed by atoms with Crippen molar-refractivity contribution in [3.63, 3.8) is 0 Å². The summed E-state index contributed by atoms with van der Waals surface area (Å²) < 4.78 is 11.5. The molecule has 0 aliphatic carbocycles. The van der Waals surface area contributed by atoms with Crippen LogP contribution in [0.5, 0.6) is 0 Å². The van der Waals surface area contributed by atoms with Gasteiger partial charge in [-0.25, -0.2) is 15.0 Å². The van der Waals surface area contributed by atoms with E-state index in [1.807, 2.05) is 72.0 Å². The van der Waals surface area contributed by atoms with E-state index in [-0.39, 0.29) is 0 Å². The fraction of sp³-hybridized carbons (Fsp3) is 0. The summed E-state index contributed by atoms with van der Waals surface area (Å²) in [7, 11) is 0. The summed E-state index contributed by atoms with van der Waals surface area (Å²) in [6, 6.07) is 54.8. The molecular weight excluding hydrogens is 645 g/mol. The van der Waals surface area contributed by atoms with E-state index in [1.165, 1.54) is 47.7 Å². The van der Waals surface area contributed by atoms with Crippen LogP contribution in [0.15, 0.2) is 162 Å². The second-order valence-corrected chi connectivity index (χ2v) is 13.8. The summed E-state index contributed by atoms with van der Waals surface area (Å²) in [5, 5.41) is 7.20. The summed E-state index contributed by atoms with van der Waals surface area (Å²) in [6.45, 7) is 0. The van der Waals surface area contributed by atoms with Gasteiger partial charge >= 0.3 is 0 Å². The number of rotatable bonds is 4. The van der Waals surface area contributed by atoms with Gasteiger partial charge in [-0.05, 0) is 48.5 Å². The van der Waals surface area contributed by atoms with Crippen molar-refractivity contribution < 1.29 is 4.42 Å². The van der Waals surface area contributed by atoms with E-state index in [0.717, 1.165) is 38.6 Å². The molecule has 0 atom stereocenters. The molecule has 0 unspecified atom stereocenters. The second-order valence-electron chi connectivity index (χ2n) is 12.8. The van der Waals surface area contributed by atoms with Crippen LogP contribution < -0.4 is 0 Å². The summed E-state index contributed by atoms with van der Waals surface area (Å²) in [5.41, 5.74) is 8.02. The molecule has 0 bridgehead atoms. The maximum atomic E-state index is 6.60. The molecule has 0 aliphatic heterocycles. The molecule has 238 valence electrons. The van der Waals surface area contributed by atoms with Gasteiger partial charge in [0.2, 0.25) is 0 Å². The Labute approximate surface area is 295 Å². The largest absolute Gasteiger partial charge is 0.456 e. The van der Waals surface area contributed by atoms with E-state index in [1.54, 1.807) is 0 Å². The number of thiophene rings is 1. The summed E-state index contributed by atoms with van der Waals surface area (Å²) in [5.74, 6) is 1.87. The number of hydrogen-bond acceptors (Lipinski definition) is 5. The van der Waals surface area contributed by atoms with Crippen LogP contribution in [0.2, 0.25) is 0 Å². The van der Waals surface area contributed by atoms with Gasteiger partial charge in [-0.3, -0.25) is 0 Å². The molecule has 0 aliphatic rings. The zero-order valence-electron chi connectivity index (χ0n) is 27.1. The third-order valence-electron chi connectivity index (χ3n) is 9.85. The highest BCUT2D eigenvalue weighted by molar-refractivity contribution is 7.26. The molecule has 0 spiro atoms. The summed E-state index contributed by atoms with van der Waals surface area (Å²) in [4.78, 5) is 14.8. The fourth-order valence-corrected chi connectivity index (χ4v) is 8.85. The Morgan fingerprint density at radius 1 is 0.431 bits per heavy atom. The van der Waals surface area contributed by atoms with Crippen molar-refractivity contribution in [1.29, 1.82) is 0 Å². The standard InChI is InChI=1S/C45H26N4OS/c1-3-12-27(13-4-1)43-46-44(28-14-5-2-6-15-28)48-45(47-43)29-22-23-32-38(26-29)50-37-25-24-33-40-36(20-11-21-39(40)51-42(33)41(32)37)49-34-18-9-7-16-30(34)31-17-8-10-19-35(31)49/h1-26H. The molecule has 5 nitrogen and oxygen atoms in total. The lowest BCUT2D eigenvalue weighted by atomic mass is 10.1. The number of benzene rings is 7. The first-order chi connectivity index (χ1) is 25.3. The molecular formula is C45H26N4OS. The van der Waals surface area contributed by atoms with Crippen molar-refractivity contribution in [2.45, 2.75) is 0 Å². The minimum atomic E-state index is 0.605. The Bertz CT molecular complexity index is 3030. The van der Waals surface area contributed by atoms with E-state index >= 15 is 0 Å². The maximum Gasteiger partial charge on any atom is 0.164 e. The number of aromatic nitrogens is 4. The third-order valence-corrected chi connectivity index (χ3v) is 11.0. The van der Waals surface area contributed by atoms with Crippen molar-refractivity contribution in [1.82, 2.24) is 19.5 Å². The van der Waals surface area contributed by atoms with Crippen molar-refractivity contribution in [2.24, 2.45) is 0 Å². The van der Waals surface area contributed by atoms with E-state index < -0.39 is 0 Å². The van der Waals surface area contributed by atoms with Gasteiger partial charge in [-0.1, -0.05) is 109 Å². The predicted molar refractivity (Wildman–Crippen MR) is 211 cm³/mol. The zero-order chi connectivity index (χ0) is 33.5. The van der Waals surface area contributed by atoms with Gasteiger partial charge in [0.15, 0.2) is 17.5 Å². The lowest BCUT2D eigenvalue weighted by molar-refractivity contribution is 0.669. The molecule has 0 fully saturated rings. The molecule has 0 saturated carbocycles. The van der Waals surface area contributed by atoms with E-state index in [2.05, 4.69) is 102 Å². The highest BCUT2D eigenvalue weighted by Crippen LogP contribution is 2.46. The molecule has 7 aromatic carbocycles. The van der Waals surface area contributed by atoms with Gasteiger partial charge in [0.1, 0.15) is 11.2 Å². The molecule has 0 amide bonds. The first-order valence-corrected chi connectivity index (χ1v) is 17.8. The van der Waals surface area contributed by atoms with Crippen LogP contribution in [0, 0.1) is 0 Å². The minimum Gasteiger partial charge on any atom is -0.456 e. The zero-order valence-corrected chi connectivity index (χ0v) is 27.9. The van der Waals surface area contributed by atoms with Crippen molar-refractivity contribution >= 4 is 75.3 Å². The molecule has 0 saturated heterocycles. The highest BCUT2D eigenvalue weighted by Gasteiger charge is 2.20. The van der Waals surface area contributed by atoms with Gasteiger partial charge in [0, 0.05) is 58.4 Å². The number of furan rings is 1. The normalized spacial score (nSPS) is 11.9. The molecule has 4 heterocycles. The van der Waals surface area contributed by atoms with Crippen LogP contribution in [0.4, 0.5) is 0 Å². The SMILES string of the molecule is c1ccc(-c2nc(-c3ccccc3)nc(-c3ccc4c(c3)oc3ccc5c(sc6cccc(-n7c8ccccc8c8ccccc87)c65)c34)n2)cc1. The maximum absolute atomic E-state index is 6.60. The van der Waals surface area contributed by atoms with Crippen LogP contribution in [0.3, 0.4) is 0 Å². The van der Waals surface area contributed by atoms with Gasteiger partial charge in [-0.15, -0.1) is 11.3 Å². The van der Waals surface area contributed by atoms with E-state index in [9.17, 15) is 0 Å². The Balaban J connectivity index is 1.11.